The van der Waals surface area contributed by atoms with Crippen LogP contribution in [-0.2, 0) is 13.6 Å². The molecule has 1 aliphatic rings. The van der Waals surface area contributed by atoms with Gasteiger partial charge in [-0.15, -0.1) is 0 Å². The van der Waals surface area contributed by atoms with Crippen LogP contribution in [0.5, 0.6) is 0 Å². The van der Waals surface area contributed by atoms with Crippen molar-refractivity contribution in [3.8, 4) is 0 Å². The minimum absolute atomic E-state index is 0.250. The van der Waals surface area contributed by atoms with E-state index in [1.54, 1.807) is 10.6 Å². The summed E-state index contributed by atoms with van der Waals surface area (Å²) in [6.07, 6.45) is 0. The number of piperazine rings is 1. The summed E-state index contributed by atoms with van der Waals surface area (Å²) in [5.74, 6) is 0.894. The van der Waals surface area contributed by atoms with Gasteiger partial charge in [-0.2, -0.15) is 0 Å². The number of rotatable bonds is 4. The van der Waals surface area contributed by atoms with Crippen LogP contribution < -0.4 is 16.1 Å². The van der Waals surface area contributed by atoms with E-state index < -0.39 is 0 Å². The molecule has 30 heavy (non-hydrogen) atoms. The van der Waals surface area contributed by atoms with E-state index in [9.17, 15) is 9.59 Å². The Morgan fingerprint density at radius 3 is 2.40 bits per heavy atom. The zero-order valence-corrected chi connectivity index (χ0v) is 16.8. The predicted octanol–water partition coefficient (Wildman–Crippen LogP) is 1.66. The third-order valence-electron chi connectivity index (χ3n) is 5.92. The summed E-state index contributed by atoms with van der Waals surface area (Å²) in [7, 11) is 1.54. The van der Waals surface area contributed by atoms with E-state index >= 15 is 0 Å². The Morgan fingerprint density at radius 2 is 1.60 bits per heavy atom. The van der Waals surface area contributed by atoms with Gasteiger partial charge in [0.2, 0.25) is 0 Å². The lowest BCUT2D eigenvalue weighted by atomic mass is 10.2. The summed E-state index contributed by atoms with van der Waals surface area (Å²) in [5, 5.41) is 5.86. The summed E-state index contributed by atoms with van der Waals surface area (Å²) in [6.45, 7) is 4.73. The predicted molar refractivity (Wildman–Crippen MR) is 116 cm³/mol. The monoisotopic (exact) mass is 405 g/mol. The average Bonchev–Trinajstić information content (AvgIpc) is 3.22. The lowest BCUT2D eigenvalue weighted by Gasteiger charge is -2.34. The van der Waals surface area contributed by atoms with Crippen molar-refractivity contribution < 1.29 is 4.52 Å². The molecular weight excluding hydrogens is 382 g/mol. The number of hydrogen-bond donors (Lipinski definition) is 0. The maximum Gasteiger partial charge on any atom is 0.331 e. The quantitative estimate of drug-likeness (QED) is 0.514. The Labute approximate surface area is 172 Å². The van der Waals surface area contributed by atoms with Gasteiger partial charge in [-0.1, -0.05) is 29.4 Å². The number of nitrogens with zero attached hydrogens (tertiary/aromatic N) is 5. The molecule has 0 atom stereocenters. The van der Waals surface area contributed by atoms with Crippen LogP contribution in [-0.4, -0.2) is 51.9 Å². The zero-order chi connectivity index (χ0) is 20.7. The lowest BCUT2D eigenvalue weighted by molar-refractivity contribution is 0.246. The standard InChI is InChI=1S/C22H23N5O3/c1-24-21(28)16-6-2-4-8-18(16)27(22(24)29)15-12-25-10-13-26(14-11-25)20-17-7-3-5-9-19(17)30-23-20/h2-9H,10-15H2,1H3. The molecule has 0 amide bonds. The molecule has 2 aromatic carbocycles. The van der Waals surface area contributed by atoms with E-state index in [2.05, 4.69) is 15.0 Å². The van der Waals surface area contributed by atoms with Crippen LogP contribution in [0.4, 0.5) is 5.82 Å². The number of aromatic nitrogens is 3. The number of para-hydroxylation sites is 2. The molecule has 0 spiro atoms. The normalized spacial score (nSPS) is 15.3. The van der Waals surface area contributed by atoms with Gasteiger partial charge in [0.05, 0.1) is 16.3 Å². The van der Waals surface area contributed by atoms with Gasteiger partial charge in [-0.3, -0.25) is 18.8 Å². The molecule has 5 rings (SSSR count). The summed E-state index contributed by atoms with van der Waals surface area (Å²) >= 11 is 0. The van der Waals surface area contributed by atoms with Crippen LogP contribution in [0.25, 0.3) is 21.9 Å². The SMILES string of the molecule is Cn1c(=O)c2ccccc2n(CCN2CCN(c3noc4ccccc34)CC2)c1=O. The molecule has 3 heterocycles. The number of benzene rings is 2. The highest BCUT2D eigenvalue weighted by Gasteiger charge is 2.22. The van der Waals surface area contributed by atoms with Crippen molar-refractivity contribution in [1.29, 1.82) is 0 Å². The van der Waals surface area contributed by atoms with Crippen molar-refractivity contribution >= 4 is 27.7 Å². The largest absolute Gasteiger partial charge is 0.354 e. The Hall–Kier alpha value is -3.39. The minimum atomic E-state index is -0.272. The molecule has 8 heteroatoms. The van der Waals surface area contributed by atoms with E-state index in [1.807, 2.05) is 42.5 Å². The highest BCUT2D eigenvalue weighted by molar-refractivity contribution is 5.88. The first-order chi connectivity index (χ1) is 14.6. The third kappa shape index (κ3) is 3.09. The molecule has 0 saturated carbocycles. The topological polar surface area (TPSA) is 76.5 Å². The number of hydrogen-bond acceptors (Lipinski definition) is 6. The van der Waals surface area contributed by atoms with Gasteiger partial charge in [0.1, 0.15) is 0 Å². The zero-order valence-electron chi connectivity index (χ0n) is 16.8. The van der Waals surface area contributed by atoms with Gasteiger partial charge in [0, 0.05) is 46.3 Å². The Kier molecular flexibility index (Phi) is 4.63. The minimum Gasteiger partial charge on any atom is -0.354 e. The second-order valence-electron chi connectivity index (χ2n) is 7.65. The third-order valence-corrected chi connectivity index (χ3v) is 5.92. The van der Waals surface area contributed by atoms with Crippen LogP contribution >= 0.6 is 0 Å². The average molecular weight is 405 g/mol. The van der Waals surface area contributed by atoms with E-state index in [0.29, 0.717) is 17.4 Å². The van der Waals surface area contributed by atoms with Crippen molar-refractivity contribution in [1.82, 2.24) is 19.2 Å². The number of fused-ring (bicyclic) bond motifs is 2. The van der Waals surface area contributed by atoms with Crippen molar-refractivity contribution in [3.63, 3.8) is 0 Å². The molecule has 0 N–H and O–H groups in total. The lowest BCUT2D eigenvalue weighted by Crippen LogP contribution is -2.48. The first-order valence-electron chi connectivity index (χ1n) is 10.1. The van der Waals surface area contributed by atoms with E-state index in [1.165, 1.54) is 11.6 Å². The van der Waals surface area contributed by atoms with Crippen LogP contribution in [0.3, 0.4) is 0 Å². The summed E-state index contributed by atoms with van der Waals surface area (Å²) in [5.41, 5.74) is 0.973. The molecule has 4 aromatic rings. The van der Waals surface area contributed by atoms with Crippen molar-refractivity contribution in [2.24, 2.45) is 7.05 Å². The summed E-state index contributed by atoms with van der Waals surface area (Å²) in [4.78, 5) is 29.6. The van der Waals surface area contributed by atoms with Crippen molar-refractivity contribution in [2.45, 2.75) is 6.54 Å². The van der Waals surface area contributed by atoms with Gasteiger partial charge in [-0.25, -0.2) is 4.79 Å². The van der Waals surface area contributed by atoms with Crippen LogP contribution in [0.2, 0.25) is 0 Å². The molecule has 0 radical (unpaired) electrons. The second kappa shape index (κ2) is 7.46. The maximum atomic E-state index is 12.7. The molecule has 8 nitrogen and oxygen atoms in total. The first-order valence-corrected chi connectivity index (χ1v) is 10.1. The van der Waals surface area contributed by atoms with Gasteiger partial charge >= 0.3 is 5.69 Å². The van der Waals surface area contributed by atoms with Gasteiger partial charge in [0.25, 0.3) is 5.56 Å². The van der Waals surface area contributed by atoms with E-state index in [0.717, 1.165) is 49.5 Å². The van der Waals surface area contributed by atoms with E-state index in [-0.39, 0.29) is 11.2 Å². The molecule has 1 fully saturated rings. The maximum absolute atomic E-state index is 12.7. The van der Waals surface area contributed by atoms with Gasteiger partial charge < -0.3 is 9.42 Å². The highest BCUT2D eigenvalue weighted by Crippen LogP contribution is 2.26. The molecule has 154 valence electrons. The van der Waals surface area contributed by atoms with Crippen LogP contribution in [0, 0.1) is 0 Å². The Balaban J connectivity index is 1.30. The number of anilines is 1. The fraction of sp³-hybridized carbons (Fsp3) is 0.318. The molecule has 2 aromatic heterocycles. The van der Waals surface area contributed by atoms with Crippen molar-refractivity contribution in [2.75, 3.05) is 37.6 Å². The van der Waals surface area contributed by atoms with Crippen molar-refractivity contribution in [3.05, 3.63) is 69.4 Å². The van der Waals surface area contributed by atoms with Gasteiger partial charge in [-0.05, 0) is 24.3 Å². The molecule has 0 bridgehead atoms. The first kappa shape index (κ1) is 18.6. The molecule has 0 aliphatic carbocycles. The van der Waals surface area contributed by atoms with E-state index in [4.69, 9.17) is 4.52 Å². The fourth-order valence-electron chi connectivity index (χ4n) is 4.18. The Morgan fingerprint density at radius 1 is 0.900 bits per heavy atom. The fourth-order valence-corrected chi connectivity index (χ4v) is 4.18. The van der Waals surface area contributed by atoms with Gasteiger partial charge in [0.15, 0.2) is 11.4 Å². The molecule has 1 aliphatic heterocycles. The molecule has 0 unspecified atom stereocenters. The summed E-state index contributed by atoms with van der Waals surface area (Å²) in [6, 6.07) is 15.2. The van der Waals surface area contributed by atoms with Crippen LogP contribution in [0.15, 0.2) is 62.6 Å². The second-order valence-corrected chi connectivity index (χ2v) is 7.65. The molecular formula is C22H23N5O3. The summed E-state index contributed by atoms with van der Waals surface area (Å²) < 4.78 is 8.33. The smallest absolute Gasteiger partial charge is 0.331 e. The molecule has 1 saturated heterocycles. The Bertz CT molecular complexity index is 1330. The highest BCUT2D eigenvalue weighted by atomic mass is 16.5. The van der Waals surface area contributed by atoms with Crippen LogP contribution in [0.1, 0.15) is 0 Å².